The predicted molar refractivity (Wildman–Crippen MR) is 64.3 cm³/mol. The Morgan fingerprint density at radius 1 is 1.42 bits per heavy atom. The molecule has 1 aromatic heterocycles. The lowest BCUT2D eigenvalue weighted by molar-refractivity contribution is -0.0501. The standard InChI is InChI=1S/C13H12F2N2O2/c1-17-7-6-16-12(17)8-10(18)9-4-2-3-5-11(9)19-13(14)15/h2-7,13H,8H2,1H3. The van der Waals surface area contributed by atoms with Gasteiger partial charge in [0, 0.05) is 19.4 Å². The molecule has 0 bridgehead atoms. The van der Waals surface area contributed by atoms with Crippen LogP contribution in [0.3, 0.4) is 0 Å². The molecule has 0 atom stereocenters. The molecule has 100 valence electrons. The smallest absolute Gasteiger partial charge is 0.387 e. The van der Waals surface area contributed by atoms with Crippen molar-refractivity contribution in [3.63, 3.8) is 0 Å². The highest BCUT2D eigenvalue weighted by Crippen LogP contribution is 2.21. The minimum atomic E-state index is -2.96. The van der Waals surface area contributed by atoms with Crippen LogP contribution in [0.4, 0.5) is 8.78 Å². The number of benzene rings is 1. The number of carbonyl (C=O) groups is 1. The maximum Gasteiger partial charge on any atom is 0.387 e. The quantitative estimate of drug-likeness (QED) is 0.781. The topological polar surface area (TPSA) is 44.1 Å². The van der Waals surface area contributed by atoms with Crippen LogP contribution in [0.25, 0.3) is 0 Å². The molecule has 6 heteroatoms. The summed E-state index contributed by atoms with van der Waals surface area (Å²) < 4.78 is 30.5. The molecular weight excluding hydrogens is 254 g/mol. The third-order valence-electron chi connectivity index (χ3n) is 2.64. The van der Waals surface area contributed by atoms with Crippen LogP contribution in [0, 0.1) is 0 Å². The zero-order valence-electron chi connectivity index (χ0n) is 10.2. The number of ether oxygens (including phenoxy) is 1. The van der Waals surface area contributed by atoms with Crippen LogP contribution in [-0.4, -0.2) is 21.9 Å². The second-order valence-electron chi connectivity index (χ2n) is 3.93. The second kappa shape index (κ2) is 5.60. The average molecular weight is 266 g/mol. The number of nitrogens with zero attached hydrogens (tertiary/aromatic N) is 2. The number of aromatic nitrogens is 2. The average Bonchev–Trinajstić information content (AvgIpc) is 2.75. The fourth-order valence-electron chi connectivity index (χ4n) is 1.70. The molecule has 0 spiro atoms. The monoisotopic (exact) mass is 266 g/mol. The van der Waals surface area contributed by atoms with Crippen molar-refractivity contribution in [2.45, 2.75) is 13.0 Å². The zero-order chi connectivity index (χ0) is 13.8. The summed E-state index contributed by atoms with van der Waals surface area (Å²) in [6.07, 6.45) is 3.32. The molecule has 0 aliphatic heterocycles. The van der Waals surface area contributed by atoms with E-state index in [4.69, 9.17) is 0 Å². The zero-order valence-corrected chi connectivity index (χ0v) is 10.2. The van der Waals surface area contributed by atoms with Crippen LogP contribution in [0.15, 0.2) is 36.7 Å². The summed E-state index contributed by atoms with van der Waals surface area (Å²) in [4.78, 5) is 16.1. The summed E-state index contributed by atoms with van der Waals surface area (Å²) in [5.41, 5.74) is 0.130. The van der Waals surface area contributed by atoms with Crippen molar-refractivity contribution < 1.29 is 18.3 Å². The fourth-order valence-corrected chi connectivity index (χ4v) is 1.70. The summed E-state index contributed by atoms with van der Waals surface area (Å²) in [5, 5.41) is 0. The highest BCUT2D eigenvalue weighted by molar-refractivity contribution is 5.99. The van der Waals surface area contributed by atoms with Gasteiger partial charge in [-0.15, -0.1) is 0 Å². The highest BCUT2D eigenvalue weighted by atomic mass is 19.3. The third kappa shape index (κ3) is 3.15. The van der Waals surface area contributed by atoms with E-state index in [0.717, 1.165) is 0 Å². The van der Waals surface area contributed by atoms with Gasteiger partial charge in [0.2, 0.25) is 0 Å². The first-order chi connectivity index (χ1) is 9.08. The molecule has 0 aliphatic rings. The first-order valence-electron chi connectivity index (χ1n) is 5.61. The van der Waals surface area contributed by atoms with Gasteiger partial charge in [0.05, 0.1) is 12.0 Å². The van der Waals surface area contributed by atoms with E-state index in [1.54, 1.807) is 30.1 Å². The molecule has 0 N–H and O–H groups in total. The Morgan fingerprint density at radius 2 is 2.16 bits per heavy atom. The van der Waals surface area contributed by atoms with E-state index in [9.17, 15) is 13.6 Å². The van der Waals surface area contributed by atoms with E-state index < -0.39 is 6.61 Å². The summed E-state index contributed by atoms with van der Waals surface area (Å²) in [7, 11) is 1.76. The molecule has 0 saturated carbocycles. The van der Waals surface area contributed by atoms with Crippen molar-refractivity contribution in [1.29, 1.82) is 0 Å². The number of ketones is 1. The van der Waals surface area contributed by atoms with Gasteiger partial charge in [0.15, 0.2) is 5.78 Å². The van der Waals surface area contributed by atoms with Gasteiger partial charge in [-0.2, -0.15) is 8.78 Å². The number of para-hydroxylation sites is 1. The van der Waals surface area contributed by atoms with Crippen molar-refractivity contribution in [2.75, 3.05) is 0 Å². The van der Waals surface area contributed by atoms with Gasteiger partial charge in [0.1, 0.15) is 11.6 Å². The van der Waals surface area contributed by atoms with Crippen molar-refractivity contribution >= 4 is 5.78 Å². The number of alkyl halides is 2. The van der Waals surface area contributed by atoms with Gasteiger partial charge >= 0.3 is 6.61 Å². The van der Waals surface area contributed by atoms with Crippen LogP contribution >= 0.6 is 0 Å². The van der Waals surface area contributed by atoms with Crippen LogP contribution in [0.5, 0.6) is 5.75 Å². The Labute approximate surface area is 108 Å². The minimum absolute atomic E-state index is 0.0348. The lowest BCUT2D eigenvalue weighted by Gasteiger charge is -2.09. The summed E-state index contributed by atoms with van der Waals surface area (Å²) >= 11 is 0. The largest absolute Gasteiger partial charge is 0.434 e. The van der Waals surface area contributed by atoms with Gasteiger partial charge in [0.25, 0.3) is 0 Å². The lowest BCUT2D eigenvalue weighted by atomic mass is 10.1. The van der Waals surface area contributed by atoms with E-state index in [2.05, 4.69) is 9.72 Å². The molecule has 2 aromatic rings. The van der Waals surface area contributed by atoms with E-state index in [1.165, 1.54) is 18.2 Å². The van der Waals surface area contributed by atoms with Gasteiger partial charge in [-0.1, -0.05) is 12.1 Å². The van der Waals surface area contributed by atoms with E-state index in [0.29, 0.717) is 5.82 Å². The molecule has 2 rings (SSSR count). The van der Waals surface area contributed by atoms with E-state index >= 15 is 0 Å². The molecule has 0 unspecified atom stereocenters. The molecule has 19 heavy (non-hydrogen) atoms. The predicted octanol–water partition coefficient (Wildman–Crippen LogP) is 2.45. The molecule has 1 aromatic carbocycles. The fraction of sp³-hybridized carbons (Fsp3) is 0.231. The molecule has 0 radical (unpaired) electrons. The molecule has 1 heterocycles. The Morgan fingerprint density at radius 3 is 2.79 bits per heavy atom. The Hall–Kier alpha value is -2.24. The molecular formula is C13H12F2N2O2. The number of carbonyl (C=O) groups excluding carboxylic acids is 1. The molecule has 0 saturated heterocycles. The Balaban J connectivity index is 2.21. The number of aryl methyl sites for hydroxylation is 1. The van der Waals surface area contributed by atoms with Crippen molar-refractivity contribution in [1.82, 2.24) is 9.55 Å². The van der Waals surface area contributed by atoms with Crippen LogP contribution in [-0.2, 0) is 13.5 Å². The van der Waals surface area contributed by atoms with Crippen LogP contribution < -0.4 is 4.74 Å². The van der Waals surface area contributed by atoms with E-state index in [1.807, 2.05) is 0 Å². The SMILES string of the molecule is Cn1ccnc1CC(=O)c1ccccc1OC(F)F. The summed E-state index contributed by atoms with van der Waals surface area (Å²) in [5.74, 6) is 0.138. The highest BCUT2D eigenvalue weighted by Gasteiger charge is 2.16. The number of imidazole rings is 1. The maximum absolute atomic E-state index is 12.3. The van der Waals surface area contributed by atoms with Crippen molar-refractivity contribution in [2.24, 2.45) is 7.05 Å². The summed E-state index contributed by atoms with van der Waals surface area (Å²) in [6, 6.07) is 5.94. The molecule has 4 nitrogen and oxygen atoms in total. The molecule has 0 amide bonds. The van der Waals surface area contributed by atoms with Gasteiger partial charge in [-0.25, -0.2) is 4.98 Å². The Kier molecular flexibility index (Phi) is 3.89. The third-order valence-corrected chi connectivity index (χ3v) is 2.64. The first kappa shape index (κ1) is 13.2. The van der Waals surface area contributed by atoms with Crippen LogP contribution in [0.1, 0.15) is 16.2 Å². The minimum Gasteiger partial charge on any atom is -0.434 e. The van der Waals surface area contributed by atoms with Crippen LogP contribution in [0.2, 0.25) is 0 Å². The van der Waals surface area contributed by atoms with Crippen molar-refractivity contribution in [3.05, 3.63) is 48.0 Å². The molecule has 0 aliphatic carbocycles. The lowest BCUT2D eigenvalue weighted by Crippen LogP contribution is -2.11. The summed E-state index contributed by atoms with van der Waals surface area (Å²) in [6.45, 7) is -2.96. The number of hydrogen-bond donors (Lipinski definition) is 0. The number of hydrogen-bond acceptors (Lipinski definition) is 3. The van der Waals surface area contributed by atoms with E-state index in [-0.39, 0.29) is 23.5 Å². The molecule has 0 fully saturated rings. The van der Waals surface area contributed by atoms with Crippen molar-refractivity contribution in [3.8, 4) is 5.75 Å². The first-order valence-corrected chi connectivity index (χ1v) is 5.61. The second-order valence-corrected chi connectivity index (χ2v) is 3.93. The number of Topliss-reactive ketones (excluding diaryl/α,β-unsaturated/α-hetero) is 1. The van der Waals surface area contributed by atoms with Gasteiger partial charge in [-0.3, -0.25) is 4.79 Å². The van der Waals surface area contributed by atoms with Gasteiger partial charge in [-0.05, 0) is 12.1 Å². The number of halogens is 2. The van der Waals surface area contributed by atoms with Gasteiger partial charge < -0.3 is 9.30 Å². The Bertz CT molecular complexity index is 582. The number of rotatable bonds is 5. The normalized spacial score (nSPS) is 10.7. The maximum atomic E-state index is 12.3.